The summed E-state index contributed by atoms with van der Waals surface area (Å²) in [6.07, 6.45) is 3.78. The largest absolute Gasteiger partial charge is 0.493 e. The number of hydrogen-bond acceptors (Lipinski definition) is 3. The fraction of sp³-hybridized carbons (Fsp3) is 0.625. The molecule has 1 unspecified atom stereocenters. The first kappa shape index (κ1) is 14.2. The van der Waals surface area contributed by atoms with Crippen LogP contribution < -0.4 is 10.5 Å². The molecule has 3 nitrogen and oxygen atoms in total. The molecular weight excluding hydrogens is 236 g/mol. The van der Waals surface area contributed by atoms with Gasteiger partial charge in [0.1, 0.15) is 5.75 Å². The summed E-state index contributed by atoms with van der Waals surface area (Å²) in [7, 11) is 0. The van der Waals surface area contributed by atoms with Gasteiger partial charge in [-0.3, -0.25) is 0 Å². The molecule has 2 N–H and O–H groups in total. The van der Waals surface area contributed by atoms with Gasteiger partial charge in [0.15, 0.2) is 0 Å². The number of nitrogens with zero attached hydrogens (tertiary/aromatic N) is 1. The smallest absolute Gasteiger partial charge is 0.121 e. The summed E-state index contributed by atoms with van der Waals surface area (Å²) in [5, 5.41) is 0. The third-order valence-electron chi connectivity index (χ3n) is 3.90. The average molecular weight is 262 g/mol. The van der Waals surface area contributed by atoms with Crippen molar-refractivity contribution in [3.05, 3.63) is 24.3 Å². The fourth-order valence-electron chi connectivity index (χ4n) is 2.95. The molecule has 0 aliphatic carbocycles. The van der Waals surface area contributed by atoms with Gasteiger partial charge in [-0.05, 0) is 43.9 Å². The molecule has 0 aromatic heterocycles. The highest BCUT2D eigenvalue weighted by atomic mass is 16.5. The normalized spacial score (nSPS) is 20.1. The zero-order valence-electron chi connectivity index (χ0n) is 12.1. The second kappa shape index (κ2) is 6.80. The van der Waals surface area contributed by atoms with Crippen LogP contribution in [0.1, 0.15) is 33.1 Å². The summed E-state index contributed by atoms with van der Waals surface area (Å²) in [4.78, 5) is 2.62. The van der Waals surface area contributed by atoms with E-state index in [1.54, 1.807) is 0 Å². The first-order valence-corrected chi connectivity index (χ1v) is 7.39. The highest BCUT2D eigenvalue weighted by Gasteiger charge is 2.26. The van der Waals surface area contributed by atoms with Gasteiger partial charge in [0.25, 0.3) is 0 Å². The molecule has 0 saturated carbocycles. The highest BCUT2D eigenvalue weighted by molar-refractivity contribution is 5.43. The van der Waals surface area contributed by atoms with E-state index >= 15 is 0 Å². The maximum Gasteiger partial charge on any atom is 0.121 e. The number of nitrogen functional groups attached to an aromatic ring is 1. The first-order valence-electron chi connectivity index (χ1n) is 7.39. The van der Waals surface area contributed by atoms with E-state index in [0.29, 0.717) is 0 Å². The van der Waals surface area contributed by atoms with Gasteiger partial charge < -0.3 is 15.4 Å². The topological polar surface area (TPSA) is 38.5 Å². The van der Waals surface area contributed by atoms with Crippen molar-refractivity contribution < 1.29 is 4.74 Å². The third kappa shape index (κ3) is 4.13. The van der Waals surface area contributed by atoms with E-state index in [1.165, 1.54) is 19.4 Å². The third-order valence-corrected chi connectivity index (χ3v) is 3.90. The Morgan fingerprint density at radius 2 is 2.26 bits per heavy atom. The summed E-state index contributed by atoms with van der Waals surface area (Å²) in [6, 6.07) is 8.42. The van der Waals surface area contributed by atoms with Crippen molar-refractivity contribution in [1.29, 1.82) is 0 Å². The fourth-order valence-corrected chi connectivity index (χ4v) is 2.95. The van der Waals surface area contributed by atoms with Crippen LogP contribution in [-0.4, -0.2) is 30.6 Å². The van der Waals surface area contributed by atoms with E-state index in [0.717, 1.165) is 43.0 Å². The van der Waals surface area contributed by atoms with Gasteiger partial charge in [-0.15, -0.1) is 0 Å². The highest BCUT2D eigenvalue weighted by Crippen LogP contribution is 2.23. The van der Waals surface area contributed by atoms with Crippen molar-refractivity contribution in [1.82, 2.24) is 4.90 Å². The van der Waals surface area contributed by atoms with Crippen LogP contribution in [0, 0.1) is 5.92 Å². The van der Waals surface area contributed by atoms with Gasteiger partial charge in [-0.1, -0.05) is 19.9 Å². The molecule has 1 heterocycles. The van der Waals surface area contributed by atoms with Gasteiger partial charge in [0.2, 0.25) is 0 Å². The van der Waals surface area contributed by atoms with Gasteiger partial charge in [0, 0.05) is 24.3 Å². The lowest BCUT2D eigenvalue weighted by atomic mass is 10.0. The molecule has 0 radical (unpaired) electrons. The molecular formula is C16H26N2O. The van der Waals surface area contributed by atoms with Crippen LogP contribution >= 0.6 is 0 Å². The van der Waals surface area contributed by atoms with Crippen LogP contribution in [0.2, 0.25) is 0 Å². The van der Waals surface area contributed by atoms with Crippen molar-refractivity contribution in [3.63, 3.8) is 0 Å². The van der Waals surface area contributed by atoms with Crippen molar-refractivity contribution in [3.8, 4) is 5.75 Å². The molecule has 1 aromatic carbocycles. The Morgan fingerprint density at radius 1 is 1.42 bits per heavy atom. The maximum absolute atomic E-state index is 5.74. The SMILES string of the molecule is CC(C)C1CCCN1CCCOc1cccc(N)c1. The van der Waals surface area contributed by atoms with Crippen LogP contribution in [0.4, 0.5) is 5.69 Å². The minimum absolute atomic E-state index is 0.761. The summed E-state index contributed by atoms with van der Waals surface area (Å²) in [5.74, 6) is 1.64. The van der Waals surface area contributed by atoms with Crippen LogP contribution in [0.5, 0.6) is 5.75 Å². The van der Waals surface area contributed by atoms with Crippen molar-refractivity contribution in [2.75, 3.05) is 25.4 Å². The Morgan fingerprint density at radius 3 is 3.00 bits per heavy atom. The molecule has 0 amide bonds. The van der Waals surface area contributed by atoms with Gasteiger partial charge >= 0.3 is 0 Å². The molecule has 0 spiro atoms. The van der Waals surface area contributed by atoms with Crippen LogP contribution in [0.3, 0.4) is 0 Å². The lowest BCUT2D eigenvalue weighted by Gasteiger charge is -2.27. The van der Waals surface area contributed by atoms with Crippen molar-refractivity contribution in [2.24, 2.45) is 5.92 Å². The van der Waals surface area contributed by atoms with Crippen molar-refractivity contribution in [2.45, 2.75) is 39.2 Å². The number of anilines is 1. The number of likely N-dealkylation sites (tertiary alicyclic amines) is 1. The van der Waals surface area contributed by atoms with E-state index in [-0.39, 0.29) is 0 Å². The lowest BCUT2D eigenvalue weighted by molar-refractivity contribution is 0.188. The Balaban J connectivity index is 1.69. The summed E-state index contributed by atoms with van der Waals surface area (Å²) >= 11 is 0. The standard InChI is InChI=1S/C16H26N2O/c1-13(2)16-8-4-9-18(16)10-5-11-19-15-7-3-6-14(17)12-15/h3,6-7,12-13,16H,4-5,8-11,17H2,1-2H3. The van der Waals surface area contributed by atoms with E-state index in [4.69, 9.17) is 10.5 Å². The number of rotatable bonds is 6. The molecule has 1 aliphatic heterocycles. The van der Waals surface area contributed by atoms with Gasteiger partial charge in [-0.25, -0.2) is 0 Å². The molecule has 1 aliphatic rings. The van der Waals surface area contributed by atoms with E-state index in [1.807, 2.05) is 24.3 Å². The van der Waals surface area contributed by atoms with Crippen LogP contribution in [0.15, 0.2) is 24.3 Å². The number of hydrogen-bond donors (Lipinski definition) is 1. The van der Waals surface area contributed by atoms with E-state index in [9.17, 15) is 0 Å². The molecule has 2 rings (SSSR count). The van der Waals surface area contributed by atoms with E-state index in [2.05, 4.69) is 18.7 Å². The zero-order valence-corrected chi connectivity index (χ0v) is 12.1. The molecule has 1 saturated heterocycles. The minimum atomic E-state index is 0.761. The lowest BCUT2D eigenvalue weighted by Crippen LogP contribution is -2.34. The molecule has 19 heavy (non-hydrogen) atoms. The van der Waals surface area contributed by atoms with Crippen LogP contribution in [-0.2, 0) is 0 Å². The quantitative estimate of drug-likeness (QED) is 0.632. The second-order valence-corrected chi connectivity index (χ2v) is 5.76. The van der Waals surface area contributed by atoms with Crippen LogP contribution in [0.25, 0.3) is 0 Å². The van der Waals surface area contributed by atoms with Crippen molar-refractivity contribution >= 4 is 5.69 Å². The first-order chi connectivity index (χ1) is 9.16. The zero-order chi connectivity index (χ0) is 13.7. The average Bonchev–Trinajstić information content (AvgIpc) is 2.83. The predicted molar refractivity (Wildman–Crippen MR) is 80.4 cm³/mol. The number of nitrogens with two attached hydrogens (primary N) is 1. The molecule has 1 aromatic rings. The number of benzene rings is 1. The second-order valence-electron chi connectivity index (χ2n) is 5.76. The molecule has 0 bridgehead atoms. The summed E-state index contributed by atoms with van der Waals surface area (Å²) < 4.78 is 5.74. The molecule has 3 heteroatoms. The summed E-state index contributed by atoms with van der Waals surface area (Å²) in [6.45, 7) is 7.82. The maximum atomic E-state index is 5.74. The molecule has 106 valence electrons. The molecule has 1 fully saturated rings. The Labute approximate surface area is 116 Å². The van der Waals surface area contributed by atoms with Gasteiger partial charge in [-0.2, -0.15) is 0 Å². The van der Waals surface area contributed by atoms with Gasteiger partial charge in [0.05, 0.1) is 6.61 Å². The Bertz CT molecular complexity index is 392. The monoisotopic (exact) mass is 262 g/mol. The van der Waals surface area contributed by atoms with E-state index < -0.39 is 0 Å². The molecule has 1 atom stereocenters. The Hall–Kier alpha value is -1.22. The Kier molecular flexibility index (Phi) is 5.08. The summed E-state index contributed by atoms with van der Waals surface area (Å²) in [5.41, 5.74) is 6.49. The minimum Gasteiger partial charge on any atom is -0.493 e. The number of ether oxygens (including phenoxy) is 1. The predicted octanol–water partition coefficient (Wildman–Crippen LogP) is 3.16.